The van der Waals surface area contributed by atoms with E-state index in [1.807, 2.05) is 30.3 Å². The summed E-state index contributed by atoms with van der Waals surface area (Å²) in [5.74, 6) is -0.385. The summed E-state index contributed by atoms with van der Waals surface area (Å²) in [5, 5.41) is 2.71. The van der Waals surface area contributed by atoms with Crippen molar-refractivity contribution < 1.29 is 9.18 Å². The molecule has 1 aliphatic rings. The minimum absolute atomic E-state index is 0.0594. The van der Waals surface area contributed by atoms with Gasteiger partial charge in [0.1, 0.15) is 5.82 Å². The maximum Gasteiger partial charge on any atom is 0.224 e. The van der Waals surface area contributed by atoms with E-state index in [0.29, 0.717) is 24.1 Å². The van der Waals surface area contributed by atoms with E-state index in [4.69, 9.17) is 0 Å². The molecule has 1 unspecified atom stereocenters. The second-order valence-electron chi connectivity index (χ2n) is 4.96. The van der Waals surface area contributed by atoms with Gasteiger partial charge in [0.25, 0.3) is 0 Å². The quantitative estimate of drug-likeness (QED) is 0.694. The Kier molecular flexibility index (Phi) is 4.13. The van der Waals surface area contributed by atoms with E-state index in [0.717, 1.165) is 15.6 Å². The van der Waals surface area contributed by atoms with Crippen LogP contribution in [0.2, 0.25) is 0 Å². The van der Waals surface area contributed by atoms with Crippen LogP contribution in [0.5, 0.6) is 0 Å². The summed E-state index contributed by atoms with van der Waals surface area (Å²) >= 11 is 7.07. The average Bonchev–Trinajstić information content (AvgIpc) is 2.46. The second-order valence-corrected chi connectivity index (χ2v) is 6.73. The number of hydrogen-bond donors (Lipinski definition) is 1. The summed E-state index contributed by atoms with van der Waals surface area (Å²) in [5.41, 5.74) is 3.11. The molecule has 2 nitrogen and oxygen atoms in total. The third-order valence-corrected chi connectivity index (χ3v) is 5.28. The van der Waals surface area contributed by atoms with Crippen molar-refractivity contribution in [1.82, 2.24) is 0 Å². The molecule has 0 bridgehead atoms. The number of hydrogen-bond acceptors (Lipinski definition) is 1. The number of nitrogens with one attached hydrogen (secondary N) is 1. The standard InChI is InChI=1S/C16H12Br2FNO/c17-12-4-2-1-3-10(12)16(18)11-7-9-5-6-15(21)20-14(9)8-13(11)19/h1-4,7-8,16H,5-6H2,(H,20,21). The molecule has 1 heterocycles. The van der Waals surface area contributed by atoms with E-state index in [1.165, 1.54) is 6.07 Å². The van der Waals surface area contributed by atoms with Crippen molar-refractivity contribution in [1.29, 1.82) is 0 Å². The summed E-state index contributed by atoms with van der Waals surface area (Å²) in [6.45, 7) is 0. The summed E-state index contributed by atoms with van der Waals surface area (Å²) in [6.07, 6.45) is 1.09. The lowest BCUT2D eigenvalue weighted by molar-refractivity contribution is -0.116. The average molecular weight is 413 g/mol. The number of aryl methyl sites for hydroxylation is 1. The van der Waals surface area contributed by atoms with Gasteiger partial charge in [0.2, 0.25) is 5.91 Å². The Morgan fingerprint density at radius 3 is 2.67 bits per heavy atom. The van der Waals surface area contributed by atoms with Gasteiger partial charge in [-0.25, -0.2) is 4.39 Å². The van der Waals surface area contributed by atoms with Crippen molar-refractivity contribution in [2.45, 2.75) is 17.7 Å². The smallest absolute Gasteiger partial charge is 0.224 e. The number of fused-ring (bicyclic) bond motifs is 1. The summed E-state index contributed by atoms with van der Waals surface area (Å²) < 4.78 is 15.3. The lowest BCUT2D eigenvalue weighted by Gasteiger charge is -2.20. The Hall–Kier alpha value is -1.20. The summed E-state index contributed by atoms with van der Waals surface area (Å²) in [6, 6.07) is 11.0. The number of carbonyl (C=O) groups is 1. The zero-order valence-electron chi connectivity index (χ0n) is 11.0. The Morgan fingerprint density at radius 2 is 1.90 bits per heavy atom. The van der Waals surface area contributed by atoms with Crippen LogP contribution in [0, 0.1) is 5.82 Å². The lowest BCUT2D eigenvalue weighted by atomic mass is 9.96. The minimum Gasteiger partial charge on any atom is -0.326 e. The SMILES string of the molecule is O=C1CCc2cc(C(Br)c3ccccc3Br)c(F)cc2N1. The monoisotopic (exact) mass is 411 g/mol. The third kappa shape index (κ3) is 2.90. The molecule has 2 aromatic carbocycles. The van der Waals surface area contributed by atoms with Gasteiger partial charge in [0, 0.05) is 22.1 Å². The maximum atomic E-state index is 14.4. The Bertz CT molecular complexity index is 717. The van der Waals surface area contributed by atoms with Crippen LogP contribution in [0.3, 0.4) is 0 Å². The molecule has 0 aliphatic carbocycles. The molecule has 1 amide bonds. The molecule has 3 rings (SSSR count). The van der Waals surface area contributed by atoms with Gasteiger partial charge in [0.15, 0.2) is 0 Å². The highest BCUT2D eigenvalue weighted by atomic mass is 79.9. The van der Waals surface area contributed by atoms with Crippen LogP contribution in [0.1, 0.15) is 27.9 Å². The normalized spacial score (nSPS) is 15.3. The van der Waals surface area contributed by atoms with Crippen LogP contribution < -0.4 is 5.32 Å². The predicted molar refractivity (Wildman–Crippen MR) is 88.3 cm³/mol. The fraction of sp³-hybridized carbons (Fsp3) is 0.188. The first-order chi connectivity index (χ1) is 10.1. The van der Waals surface area contributed by atoms with E-state index >= 15 is 0 Å². The number of alkyl halides is 1. The predicted octanol–water partition coefficient (Wildman–Crippen LogP) is 4.96. The zero-order chi connectivity index (χ0) is 15.0. The number of amides is 1. The molecular formula is C16H12Br2FNO. The summed E-state index contributed by atoms with van der Waals surface area (Å²) in [7, 11) is 0. The van der Waals surface area contributed by atoms with E-state index < -0.39 is 0 Å². The first-order valence-electron chi connectivity index (χ1n) is 6.57. The molecule has 0 radical (unpaired) electrons. The molecule has 5 heteroatoms. The first kappa shape index (κ1) is 14.7. The van der Waals surface area contributed by atoms with E-state index in [9.17, 15) is 9.18 Å². The Labute approximate surface area is 139 Å². The topological polar surface area (TPSA) is 29.1 Å². The van der Waals surface area contributed by atoms with Gasteiger partial charge in [-0.3, -0.25) is 4.79 Å². The molecule has 21 heavy (non-hydrogen) atoms. The summed E-state index contributed by atoms with van der Waals surface area (Å²) in [4.78, 5) is 11.1. The van der Waals surface area contributed by atoms with Crippen LogP contribution in [0.25, 0.3) is 0 Å². The Balaban J connectivity index is 2.03. The molecule has 1 N–H and O–H groups in total. The second kappa shape index (κ2) is 5.89. The van der Waals surface area contributed by atoms with Gasteiger partial charge in [-0.15, -0.1) is 0 Å². The fourth-order valence-electron chi connectivity index (χ4n) is 2.46. The molecule has 1 atom stereocenters. The number of rotatable bonds is 2. The molecule has 0 saturated carbocycles. The van der Waals surface area contributed by atoms with E-state index in [1.54, 1.807) is 0 Å². The van der Waals surface area contributed by atoms with Gasteiger partial charge < -0.3 is 5.32 Å². The number of carbonyl (C=O) groups excluding carboxylic acids is 1. The molecule has 0 aromatic heterocycles. The first-order valence-corrected chi connectivity index (χ1v) is 8.28. The van der Waals surface area contributed by atoms with Crippen molar-refractivity contribution >= 4 is 43.5 Å². The molecule has 108 valence electrons. The molecular weight excluding hydrogens is 401 g/mol. The van der Waals surface area contributed by atoms with Gasteiger partial charge in [-0.2, -0.15) is 0 Å². The van der Waals surface area contributed by atoms with Crippen LogP contribution in [-0.4, -0.2) is 5.91 Å². The van der Waals surface area contributed by atoms with Crippen molar-refractivity contribution in [3.05, 3.63) is 63.4 Å². The minimum atomic E-state index is -0.325. The maximum absolute atomic E-state index is 14.4. The van der Waals surface area contributed by atoms with Crippen LogP contribution in [-0.2, 0) is 11.2 Å². The number of halogens is 3. The van der Waals surface area contributed by atoms with Crippen molar-refractivity contribution in [3.63, 3.8) is 0 Å². The third-order valence-electron chi connectivity index (χ3n) is 3.57. The van der Waals surface area contributed by atoms with Crippen LogP contribution in [0.15, 0.2) is 40.9 Å². The van der Waals surface area contributed by atoms with Gasteiger partial charge >= 0.3 is 0 Å². The molecule has 0 spiro atoms. The van der Waals surface area contributed by atoms with Crippen molar-refractivity contribution in [2.24, 2.45) is 0 Å². The highest BCUT2D eigenvalue weighted by Crippen LogP contribution is 2.38. The highest BCUT2D eigenvalue weighted by molar-refractivity contribution is 9.11. The van der Waals surface area contributed by atoms with Crippen LogP contribution in [0.4, 0.5) is 10.1 Å². The van der Waals surface area contributed by atoms with Gasteiger partial charge in [0.05, 0.1) is 4.83 Å². The molecule has 1 aliphatic heterocycles. The largest absolute Gasteiger partial charge is 0.326 e. The lowest BCUT2D eigenvalue weighted by Crippen LogP contribution is -2.19. The number of anilines is 1. The van der Waals surface area contributed by atoms with E-state index in [-0.39, 0.29) is 16.6 Å². The number of benzene rings is 2. The zero-order valence-corrected chi connectivity index (χ0v) is 14.2. The van der Waals surface area contributed by atoms with Crippen molar-refractivity contribution in [2.75, 3.05) is 5.32 Å². The molecule has 0 fully saturated rings. The van der Waals surface area contributed by atoms with Gasteiger partial charge in [-0.05, 0) is 35.7 Å². The van der Waals surface area contributed by atoms with Gasteiger partial charge in [-0.1, -0.05) is 50.1 Å². The molecule has 0 saturated heterocycles. The van der Waals surface area contributed by atoms with Crippen LogP contribution >= 0.6 is 31.9 Å². The van der Waals surface area contributed by atoms with Crippen molar-refractivity contribution in [3.8, 4) is 0 Å². The molecule has 2 aromatic rings. The van der Waals surface area contributed by atoms with E-state index in [2.05, 4.69) is 37.2 Å². The fourth-order valence-corrected chi connectivity index (χ4v) is 4.03. The Morgan fingerprint density at radius 1 is 1.14 bits per heavy atom. The highest BCUT2D eigenvalue weighted by Gasteiger charge is 2.22.